The van der Waals surface area contributed by atoms with Crippen LogP contribution in [-0.4, -0.2) is 75.4 Å². The third-order valence-electron chi connectivity index (χ3n) is 7.34. The Morgan fingerprint density at radius 1 is 1.04 bits per heavy atom. The molecule has 254 valence electrons. The summed E-state index contributed by atoms with van der Waals surface area (Å²) in [6, 6.07) is -0.00672. The van der Waals surface area contributed by atoms with Crippen molar-refractivity contribution in [2.45, 2.75) is 70.6 Å². The molecule has 2 amide bonds. The number of rotatable bonds is 5. The maximum absolute atomic E-state index is 16.3. The first-order valence-corrected chi connectivity index (χ1v) is 14.6. The van der Waals surface area contributed by atoms with E-state index >= 15 is 4.39 Å². The Bertz CT molecular complexity index is 1720. The van der Waals surface area contributed by atoms with Crippen molar-refractivity contribution in [2.24, 2.45) is 0 Å². The average molecular weight is 693 g/mol. The molecule has 4 heterocycles. The molecule has 2 aromatic heterocycles. The molecule has 2 atom stereocenters. The van der Waals surface area contributed by atoms with Crippen LogP contribution in [-0.2, 0) is 15.7 Å². The van der Waals surface area contributed by atoms with Gasteiger partial charge >= 0.3 is 24.5 Å². The van der Waals surface area contributed by atoms with E-state index in [-0.39, 0.29) is 30.0 Å². The molecule has 5 rings (SSSR count). The van der Waals surface area contributed by atoms with Gasteiger partial charge in [-0.3, -0.25) is 14.7 Å². The highest BCUT2D eigenvalue weighted by Gasteiger charge is 2.45. The van der Waals surface area contributed by atoms with E-state index in [0.29, 0.717) is 12.8 Å². The molecule has 0 radical (unpaired) electrons. The number of halogens is 8. The number of piperazine rings is 1. The van der Waals surface area contributed by atoms with E-state index in [2.05, 4.69) is 20.3 Å². The second kappa shape index (κ2) is 12.1. The number of hydrogen-bond donors (Lipinski definition) is 1. The van der Waals surface area contributed by atoms with E-state index in [1.165, 1.54) is 0 Å². The largest absolute Gasteiger partial charge is 0.454 e. The minimum atomic E-state index is -5.10. The number of nitrogens with zero attached hydrogens (tertiary/aromatic N) is 5. The zero-order chi connectivity index (χ0) is 34.6. The van der Waals surface area contributed by atoms with Gasteiger partial charge in [-0.1, -0.05) is 11.6 Å². The molecule has 47 heavy (non-hydrogen) atoms. The first-order valence-electron chi connectivity index (χ1n) is 14.2. The van der Waals surface area contributed by atoms with Crippen LogP contribution in [0, 0.1) is 5.82 Å². The summed E-state index contributed by atoms with van der Waals surface area (Å²) in [5.41, 5.74) is -4.83. The molecule has 2 saturated heterocycles. The van der Waals surface area contributed by atoms with Crippen molar-refractivity contribution in [3.63, 3.8) is 0 Å². The Kier molecular flexibility index (Phi) is 8.83. The molecular formula is C29H28ClF7N6O4. The molecule has 2 fully saturated rings. The number of amides is 2. The van der Waals surface area contributed by atoms with Crippen molar-refractivity contribution < 1.29 is 49.8 Å². The highest BCUT2D eigenvalue weighted by molar-refractivity contribution is 6.32. The van der Waals surface area contributed by atoms with Gasteiger partial charge < -0.3 is 19.7 Å². The number of benzene rings is 1. The summed E-state index contributed by atoms with van der Waals surface area (Å²) in [4.78, 5) is 39.6. The van der Waals surface area contributed by atoms with Crippen molar-refractivity contribution in [1.29, 1.82) is 0 Å². The van der Waals surface area contributed by atoms with Crippen molar-refractivity contribution in [1.82, 2.24) is 19.9 Å². The highest BCUT2D eigenvalue weighted by atomic mass is 35.5. The van der Waals surface area contributed by atoms with Crippen LogP contribution < -0.4 is 15.0 Å². The van der Waals surface area contributed by atoms with E-state index in [9.17, 15) is 35.9 Å². The lowest BCUT2D eigenvalue weighted by atomic mass is 10.0. The van der Waals surface area contributed by atoms with Crippen LogP contribution in [0.1, 0.15) is 46.1 Å². The first kappa shape index (κ1) is 34.2. The van der Waals surface area contributed by atoms with Gasteiger partial charge in [-0.05, 0) is 45.7 Å². The zero-order valence-corrected chi connectivity index (χ0v) is 26.1. The van der Waals surface area contributed by atoms with E-state index < -0.39 is 87.8 Å². The minimum Gasteiger partial charge on any atom is -0.454 e. The lowest BCUT2D eigenvalue weighted by Gasteiger charge is -2.42. The SMILES string of the molecule is CC(=O)Nc1cc(Cl)c(C(F)(F)F)c(-c2ncc3c(N4C[C@H]5CC[C@@H](C4)N5C(=O)OC(C)(C)C)nc(OCC(F)(F)F)nc3c2F)c1. The number of ether oxygens (including phenoxy) is 2. The van der Waals surface area contributed by atoms with Gasteiger partial charge in [0.15, 0.2) is 12.4 Å². The molecule has 0 unspecified atom stereocenters. The van der Waals surface area contributed by atoms with Crippen LogP contribution in [0.4, 0.5) is 47.0 Å². The number of pyridine rings is 1. The van der Waals surface area contributed by atoms with Crippen molar-refractivity contribution in [2.75, 3.05) is 29.9 Å². The number of alkyl halides is 6. The summed E-state index contributed by atoms with van der Waals surface area (Å²) < 4.78 is 108. The second-order valence-corrected chi connectivity index (χ2v) is 12.6. The van der Waals surface area contributed by atoms with Crippen molar-refractivity contribution >= 4 is 46.0 Å². The van der Waals surface area contributed by atoms with Crippen molar-refractivity contribution in [3.8, 4) is 17.3 Å². The monoisotopic (exact) mass is 692 g/mol. The van der Waals surface area contributed by atoms with Gasteiger partial charge in [0, 0.05) is 37.5 Å². The predicted molar refractivity (Wildman–Crippen MR) is 156 cm³/mol. The average Bonchev–Trinajstić information content (AvgIpc) is 3.18. The Morgan fingerprint density at radius 3 is 2.23 bits per heavy atom. The maximum Gasteiger partial charge on any atom is 0.422 e. The molecule has 0 spiro atoms. The Balaban J connectivity index is 1.63. The zero-order valence-electron chi connectivity index (χ0n) is 25.3. The van der Waals surface area contributed by atoms with Gasteiger partial charge in [0.05, 0.1) is 28.1 Å². The fraction of sp³-hybridized carbons (Fsp3) is 0.483. The van der Waals surface area contributed by atoms with E-state index in [1.807, 2.05) is 0 Å². The molecule has 1 N–H and O–H groups in total. The van der Waals surface area contributed by atoms with Crippen LogP contribution in [0.5, 0.6) is 6.01 Å². The standard InChI is InChI=1S/C29H28ClF7N6O4/c1-13(44)39-14-7-17(20(19(30)8-14)29(35,36)37)22-21(31)23-18(9-38-22)24(41-25(40-23)46-12-28(32,33)34)42-10-15-5-6-16(11-42)43(15)26(45)47-27(2,3)4/h7-9,15-16H,5-6,10-12H2,1-4H3,(H,39,44)/t15-,16+. The molecular weight excluding hydrogens is 665 g/mol. The van der Waals surface area contributed by atoms with Gasteiger partial charge in [-0.2, -0.15) is 36.3 Å². The number of carbonyl (C=O) groups is 2. The van der Waals surface area contributed by atoms with Gasteiger partial charge in [0.25, 0.3) is 0 Å². The molecule has 0 saturated carbocycles. The predicted octanol–water partition coefficient (Wildman–Crippen LogP) is 6.99. The Labute approximate surface area is 268 Å². The van der Waals surface area contributed by atoms with Gasteiger partial charge in [0.2, 0.25) is 5.91 Å². The van der Waals surface area contributed by atoms with Gasteiger partial charge in [-0.15, -0.1) is 0 Å². The third kappa shape index (κ3) is 7.39. The number of aromatic nitrogens is 3. The molecule has 2 aliphatic rings. The fourth-order valence-corrected chi connectivity index (χ4v) is 6.03. The van der Waals surface area contributed by atoms with Crippen LogP contribution in [0.15, 0.2) is 18.3 Å². The summed E-state index contributed by atoms with van der Waals surface area (Å²) in [5.74, 6) is -2.17. The van der Waals surface area contributed by atoms with E-state index in [1.54, 1.807) is 30.6 Å². The summed E-state index contributed by atoms with van der Waals surface area (Å²) in [5, 5.41) is 1.29. The third-order valence-corrected chi connectivity index (χ3v) is 7.64. The molecule has 0 aliphatic carbocycles. The molecule has 18 heteroatoms. The molecule has 2 bridgehead atoms. The second-order valence-electron chi connectivity index (χ2n) is 12.2. The normalized spacial score (nSPS) is 18.5. The van der Waals surface area contributed by atoms with E-state index in [0.717, 1.165) is 25.3 Å². The Hall–Kier alpha value is -4.15. The first-order chi connectivity index (χ1) is 21.7. The summed E-state index contributed by atoms with van der Waals surface area (Å²) in [6.45, 7) is 4.66. The number of nitrogens with one attached hydrogen (secondary N) is 1. The number of hydrogen-bond acceptors (Lipinski definition) is 8. The van der Waals surface area contributed by atoms with Crippen LogP contribution in [0.3, 0.4) is 0 Å². The van der Waals surface area contributed by atoms with Crippen LogP contribution >= 0.6 is 11.6 Å². The van der Waals surface area contributed by atoms with Gasteiger partial charge in [-0.25, -0.2) is 9.18 Å². The number of fused-ring (bicyclic) bond motifs is 3. The summed E-state index contributed by atoms with van der Waals surface area (Å²) >= 11 is 5.94. The van der Waals surface area contributed by atoms with Crippen molar-refractivity contribution in [3.05, 3.63) is 34.7 Å². The minimum absolute atomic E-state index is 0.0908. The molecule has 3 aromatic rings. The smallest absolute Gasteiger partial charge is 0.422 e. The van der Waals surface area contributed by atoms with E-state index in [4.69, 9.17) is 21.1 Å². The lowest BCUT2D eigenvalue weighted by molar-refractivity contribution is -0.154. The molecule has 1 aromatic carbocycles. The molecule has 10 nitrogen and oxygen atoms in total. The van der Waals surface area contributed by atoms with Gasteiger partial charge in [0.1, 0.15) is 22.6 Å². The molecule has 2 aliphatic heterocycles. The summed E-state index contributed by atoms with van der Waals surface area (Å²) in [6.07, 6.45) is -8.31. The Morgan fingerprint density at radius 2 is 1.68 bits per heavy atom. The maximum atomic E-state index is 16.3. The fourth-order valence-electron chi connectivity index (χ4n) is 5.71. The highest BCUT2D eigenvalue weighted by Crippen LogP contribution is 2.45. The number of carbonyl (C=O) groups excluding carboxylic acids is 2. The quantitative estimate of drug-likeness (QED) is 0.285. The van der Waals surface area contributed by atoms with Crippen LogP contribution in [0.2, 0.25) is 5.02 Å². The summed E-state index contributed by atoms with van der Waals surface area (Å²) in [7, 11) is 0. The topological polar surface area (TPSA) is 110 Å². The van der Waals surface area contributed by atoms with Crippen LogP contribution in [0.25, 0.3) is 22.2 Å². The number of anilines is 2. The lowest BCUT2D eigenvalue weighted by Crippen LogP contribution is -2.57.